The summed E-state index contributed by atoms with van der Waals surface area (Å²) >= 11 is 11.6. The molecular weight excluding hydrogens is 183 g/mol. The highest BCUT2D eigenvalue weighted by atomic mass is 35.5. The number of allylic oxidation sites excluding steroid dienone is 2. The van der Waals surface area contributed by atoms with Gasteiger partial charge in [-0.1, -0.05) is 35.4 Å². The monoisotopic (exact) mass is 190 g/mol. The number of carbonyl (C=O) groups excluding carboxylic acids is 1. The Kier molecular flexibility index (Phi) is 1.55. The summed E-state index contributed by atoms with van der Waals surface area (Å²) in [5, 5.41) is 0. The normalized spacial score (nSPS) is 39.6. The molecule has 0 spiro atoms. The van der Waals surface area contributed by atoms with Crippen molar-refractivity contribution in [2.75, 3.05) is 0 Å². The van der Waals surface area contributed by atoms with Crippen molar-refractivity contribution in [3.63, 3.8) is 0 Å². The van der Waals surface area contributed by atoms with E-state index in [1.807, 2.05) is 12.2 Å². The highest BCUT2D eigenvalue weighted by Gasteiger charge is 2.59. The zero-order valence-corrected chi connectivity index (χ0v) is 7.40. The predicted octanol–water partition coefficient (Wildman–Crippen LogP) is 2.33. The van der Waals surface area contributed by atoms with Crippen LogP contribution in [0, 0.1) is 11.8 Å². The molecule has 0 saturated heterocycles. The molecule has 0 amide bonds. The highest BCUT2D eigenvalue weighted by Crippen LogP contribution is 2.52. The molecule has 0 N–H and O–H groups in total. The number of halogens is 2. The molecule has 1 fully saturated rings. The minimum atomic E-state index is -1.11. The second-order valence-electron chi connectivity index (χ2n) is 3.12. The molecule has 3 heteroatoms. The summed E-state index contributed by atoms with van der Waals surface area (Å²) in [6, 6.07) is 0. The van der Waals surface area contributed by atoms with E-state index in [0.717, 1.165) is 12.8 Å². The highest BCUT2D eigenvalue weighted by molar-refractivity contribution is 6.61. The Bertz CT molecular complexity index is 232. The van der Waals surface area contributed by atoms with Crippen molar-refractivity contribution in [2.45, 2.75) is 17.2 Å². The van der Waals surface area contributed by atoms with E-state index in [1.54, 1.807) is 0 Å². The quantitative estimate of drug-likeness (QED) is 0.424. The summed E-state index contributed by atoms with van der Waals surface area (Å²) in [5.74, 6) is 0.192. The van der Waals surface area contributed by atoms with Crippen molar-refractivity contribution >= 4 is 29.0 Å². The van der Waals surface area contributed by atoms with Crippen molar-refractivity contribution in [1.29, 1.82) is 0 Å². The van der Waals surface area contributed by atoms with Crippen molar-refractivity contribution in [1.82, 2.24) is 0 Å². The van der Waals surface area contributed by atoms with E-state index in [0.29, 0.717) is 0 Å². The number of Topliss-reactive ketones (excluding diaryl/α,β-unsaturated/α-hetero) is 1. The maximum absolute atomic E-state index is 11.2. The zero-order valence-electron chi connectivity index (χ0n) is 5.89. The van der Waals surface area contributed by atoms with E-state index in [4.69, 9.17) is 23.2 Å². The van der Waals surface area contributed by atoms with E-state index in [9.17, 15) is 4.79 Å². The molecule has 0 aromatic heterocycles. The fourth-order valence-corrected chi connectivity index (χ4v) is 2.55. The molecule has 0 radical (unpaired) electrons. The number of alkyl halides is 2. The van der Waals surface area contributed by atoms with Crippen LogP contribution >= 0.6 is 23.2 Å². The van der Waals surface area contributed by atoms with Gasteiger partial charge in [0.1, 0.15) is 0 Å². The standard InChI is InChI=1S/C8H8Cl2O/c9-8(10)6-4-2-1-3-5(6)7(8)11/h2,4-6H,1,3H2/t5-,6+/m0/s1. The first-order valence-electron chi connectivity index (χ1n) is 3.73. The molecule has 0 unspecified atom stereocenters. The zero-order chi connectivity index (χ0) is 8.06. The predicted molar refractivity (Wildman–Crippen MR) is 44.8 cm³/mol. The fourth-order valence-electron chi connectivity index (χ4n) is 1.82. The van der Waals surface area contributed by atoms with Gasteiger partial charge >= 0.3 is 0 Å². The van der Waals surface area contributed by atoms with Crippen molar-refractivity contribution in [3.05, 3.63) is 12.2 Å². The van der Waals surface area contributed by atoms with Crippen molar-refractivity contribution < 1.29 is 4.79 Å². The first-order chi connectivity index (χ1) is 5.14. The van der Waals surface area contributed by atoms with Gasteiger partial charge in [-0.15, -0.1) is 0 Å². The number of ketones is 1. The third-order valence-corrected chi connectivity index (χ3v) is 3.38. The van der Waals surface area contributed by atoms with E-state index in [1.165, 1.54) is 0 Å². The van der Waals surface area contributed by atoms with Crippen LogP contribution in [0.1, 0.15) is 12.8 Å². The Morgan fingerprint density at radius 1 is 1.55 bits per heavy atom. The number of carbonyl (C=O) groups is 1. The third kappa shape index (κ3) is 0.875. The molecule has 60 valence electrons. The van der Waals surface area contributed by atoms with Crippen molar-refractivity contribution in [2.24, 2.45) is 11.8 Å². The van der Waals surface area contributed by atoms with Gasteiger partial charge < -0.3 is 0 Å². The van der Waals surface area contributed by atoms with Crippen LogP contribution in [-0.4, -0.2) is 10.1 Å². The van der Waals surface area contributed by atoms with Crippen LogP contribution in [0.2, 0.25) is 0 Å². The lowest BCUT2D eigenvalue weighted by Crippen LogP contribution is -2.56. The smallest absolute Gasteiger partial charge is 0.183 e. The second-order valence-corrected chi connectivity index (χ2v) is 4.51. The number of hydrogen-bond acceptors (Lipinski definition) is 1. The van der Waals surface area contributed by atoms with Gasteiger partial charge in [0.25, 0.3) is 0 Å². The minimum absolute atomic E-state index is 0.00943. The van der Waals surface area contributed by atoms with E-state index in [2.05, 4.69) is 0 Å². The molecular formula is C8H8Cl2O. The van der Waals surface area contributed by atoms with Crippen LogP contribution in [0.15, 0.2) is 12.2 Å². The lowest BCUT2D eigenvalue weighted by molar-refractivity contribution is -0.134. The molecule has 1 nitrogen and oxygen atoms in total. The summed E-state index contributed by atoms with van der Waals surface area (Å²) in [6.07, 6.45) is 5.92. The van der Waals surface area contributed by atoms with Gasteiger partial charge in [0, 0.05) is 11.8 Å². The molecule has 2 aliphatic rings. The SMILES string of the molecule is O=C1[C@H]2CCC=C[C@H]2C1(Cl)Cl. The van der Waals surface area contributed by atoms with Gasteiger partial charge in [0.15, 0.2) is 10.1 Å². The van der Waals surface area contributed by atoms with Crippen LogP contribution < -0.4 is 0 Å². The molecule has 2 aliphatic carbocycles. The average Bonchev–Trinajstić information content (AvgIpc) is 2.04. The maximum atomic E-state index is 11.2. The summed E-state index contributed by atoms with van der Waals surface area (Å²) in [5.41, 5.74) is 0. The number of hydrogen-bond donors (Lipinski definition) is 0. The molecule has 1 saturated carbocycles. The lowest BCUT2D eigenvalue weighted by atomic mass is 9.67. The van der Waals surface area contributed by atoms with Gasteiger partial charge in [-0.3, -0.25) is 4.79 Å². The Morgan fingerprint density at radius 2 is 2.27 bits per heavy atom. The molecule has 2 rings (SSSR count). The fraction of sp³-hybridized carbons (Fsp3) is 0.625. The average molecular weight is 191 g/mol. The van der Waals surface area contributed by atoms with Gasteiger partial charge in [-0.25, -0.2) is 0 Å². The lowest BCUT2D eigenvalue weighted by Gasteiger charge is -2.45. The minimum Gasteiger partial charge on any atom is -0.296 e. The van der Waals surface area contributed by atoms with Crippen LogP contribution in [0.3, 0.4) is 0 Å². The molecule has 11 heavy (non-hydrogen) atoms. The van der Waals surface area contributed by atoms with E-state index >= 15 is 0 Å². The number of rotatable bonds is 0. The Hall–Kier alpha value is -0.0100. The summed E-state index contributed by atoms with van der Waals surface area (Å²) in [6.45, 7) is 0. The Labute approximate surface area is 75.4 Å². The summed E-state index contributed by atoms with van der Waals surface area (Å²) in [4.78, 5) is 11.2. The Balaban J connectivity index is 2.27. The van der Waals surface area contributed by atoms with Gasteiger partial charge in [0.05, 0.1) is 0 Å². The first kappa shape index (κ1) is 7.63. The molecule has 0 aromatic rings. The summed E-state index contributed by atoms with van der Waals surface area (Å²) < 4.78 is -1.11. The largest absolute Gasteiger partial charge is 0.296 e. The van der Waals surface area contributed by atoms with Crippen LogP contribution in [0.25, 0.3) is 0 Å². The third-order valence-electron chi connectivity index (χ3n) is 2.51. The molecule has 2 atom stereocenters. The number of fused-ring (bicyclic) bond motifs is 1. The van der Waals surface area contributed by atoms with Gasteiger partial charge in [-0.2, -0.15) is 0 Å². The van der Waals surface area contributed by atoms with Crippen LogP contribution in [0.4, 0.5) is 0 Å². The molecule has 0 aromatic carbocycles. The van der Waals surface area contributed by atoms with E-state index in [-0.39, 0.29) is 17.6 Å². The van der Waals surface area contributed by atoms with Crippen LogP contribution in [-0.2, 0) is 4.79 Å². The second kappa shape index (κ2) is 2.24. The summed E-state index contributed by atoms with van der Waals surface area (Å²) in [7, 11) is 0. The topological polar surface area (TPSA) is 17.1 Å². The van der Waals surface area contributed by atoms with Crippen molar-refractivity contribution in [3.8, 4) is 0 Å². The van der Waals surface area contributed by atoms with Gasteiger partial charge in [-0.05, 0) is 12.8 Å². The molecule has 0 bridgehead atoms. The molecule has 0 heterocycles. The first-order valence-corrected chi connectivity index (χ1v) is 4.48. The maximum Gasteiger partial charge on any atom is 0.183 e. The Morgan fingerprint density at radius 3 is 2.91 bits per heavy atom. The van der Waals surface area contributed by atoms with Gasteiger partial charge in [0.2, 0.25) is 0 Å². The van der Waals surface area contributed by atoms with Crippen LogP contribution in [0.5, 0.6) is 0 Å². The molecule has 0 aliphatic heterocycles. The van der Waals surface area contributed by atoms with E-state index < -0.39 is 4.33 Å².